The van der Waals surface area contributed by atoms with E-state index < -0.39 is 17.8 Å². The standard InChI is InChI=1S/C18H9ClN2O4S/c19-15-8-7-14(26-15)10-5-6-13(20-9-10)18(24)25-21-16(22)11-3-1-2-4-12(11)17(21)23/h1-9H. The van der Waals surface area contributed by atoms with E-state index in [0.29, 0.717) is 9.40 Å². The predicted octanol–water partition coefficient (Wildman–Crippen LogP) is 3.83. The van der Waals surface area contributed by atoms with Crippen LogP contribution in [-0.4, -0.2) is 27.8 Å². The molecule has 0 atom stereocenters. The fraction of sp³-hybridized carbons (Fsp3) is 0. The Morgan fingerprint density at radius 3 is 2.23 bits per heavy atom. The molecule has 3 aromatic rings. The van der Waals surface area contributed by atoms with Gasteiger partial charge in [-0.2, -0.15) is 0 Å². The van der Waals surface area contributed by atoms with Crippen molar-refractivity contribution in [2.45, 2.75) is 0 Å². The Balaban J connectivity index is 1.52. The molecule has 1 aromatic carbocycles. The van der Waals surface area contributed by atoms with Crippen LogP contribution < -0.4 is 0 Å². The van der Waals surface area contributed by atoms with Gasteiger partial charge in [-0.25, -0.2) is 9.78 Å². The largest absolute Gasteiger partial charge is 0.382 e. The van der Waals surface area contributed by atoms with Gasteiger partial charge >= 0.3 is 5.97 Å². The number of hydrogen-bond acceptors (Lipinski definition) is 6. The first-order chi connectivity index (χ1) is 12.5. The number of nitrogens with zero attached hydrogens (tertiary/aromatic N) is 2. The monoisotopic (exact) mass is 384 g/mol. The molecule has 0 bridgehead atoms. The topological polar surface area (TPSA) is 76.6 Å². The van der Waals surface area contributed by atoms with Crippen molar-refractivity contribution in [1.29, 1.82) is 0 Å². The molecule has 0 N–H and O–H groups in total. The molecule has 0 saturated heterocycles. The maximum atomic E-state index is 12.2. The predicted molar refractivity (Wildman–Crippen MR) is 94.9 cm³/mol. The van der Waals surface area contributed by atoms with E-state index in [1.54, 1.807) is 24.3 Å². The van der Waals surface area contributed by atoms with Crippen LogP contribution in [0, 0.1) is 0 Å². The van der Waals surface area contributed by atoms with Crippen molar-refractivity contribution in [3.8, 4) is 10.4 Å². The smallest absolute Gasteiger partial charge is 0.323 e. The minimum atomic E-state index is -0.893. The molecule has 0 fully saturated rings. The second-order valence-electron chi connectivity index (χ2n) is 5.36. The minimum Gasteiger partial charge on any atom is -0.323 e. The van der Waals surface area contributed by atoms with E-state index in [0.717, 1.165) is 10.4 Å². The van der Waals surface area contributed by atoms with Crippen LogP contribution in [0.4, 0.5) is 0 Å². The number of thiophene rings is 1. The number of fused-ring (bicyclic) bond motifs is 1. The molecule has 26 heavy (non-hydrogen) atoms. The normalized spacial score (nSPS) is 13.0. The van der Waals surface area contributed by atoms with Crippen LogP contribution in [0.5, 0.6) is 0 Å². The molecule has 6 nitrogen and oxygen atoms in total. The first kappa shape index (κ1) is 16.4. The Hall–Kier alpha value is -3.03. The lowest BCUT2D eigenvalue weighted by atomic mass is 10.1. The lowest BCUT2D eigenvalue weighted by molar-refractivity contribution is -0.0588. The van der Waals surface area contributed by atoms with Crippen molar-refractivity contribution in [2.24, 2.45) is 0 Å². The van der Waals surface area contributed by atoms with Gasteiger partial charge in [-0.15, -0.1) is 11.3 Å². The zero-order chi connectivity index (χ0) is 18.3. The molecule has 0 saturated carbocycles. The summed E-state index contributed by atoms with van der Waals surface area (Å²) in [7, 11) is 0. The van der Waals surface area contributed by atoms with E-state index in [1.807, 2.05) is 6.07 Å². The van der Waals surface area contributed by atoms with Gasteiger partial charge < -0.3 is 4.84 Å². The molecule has 2 amide bonds. The fourth-order valence-electron chi connectivity index (χ4n) is 2.51. The summed E-state index contributed by atoms with van der Waals surface area (Å²) in [6, 6.07) is 13.0. The molecule has 4 rings (SSSR count). The van der Waals surface area contributed by atoms with Crippen molar-refractivity contribution in [2.75, 3.05) is 0 Å². The van der Waals surface area contributed by atoms with Gasteiger partial charge in [0.15, 0.2) is 5.69 Å². The molecular weight excluding hydrogens is 376 g/mol. The van der Waals surface area contributed by atoms with Crippen molar-refractivity contribution >= 4 is 40.7 Å². The first-order valence-corrected chi connectivity index (χ1v) is 8.66. The summed E-state index contributed by atoms with van der Waals surface area (Å²) >= 11 is 7.29. The lowest BCUT2D eigenvalue weighted by Gasteiger charge is -2.12. The van der Waals surface area contributed by atoms with E-state index >= 15 is 0 Å². The van der Waals surface area contributed by atoms with E-state index in [9.17, 15) is 14.4 Å². The van der Waals surface area contributed by atoms with Crippen LogP contribution in [0.15, 0.2) is 54.7 Å². The summed E-state index contributed by atoms with van der Waals surface area (Å²) in [6.45, 7) is 0. The number of imide groups is 1. The summed E-state index contributed by atoms with van der Waals surface area (Å²) in [5.41, 5.74) is 1.17. The van der Waals surface area contributed by atoms with Gasteiger partial charge in [0.1, 0.15) is 0 Å². The van der Waals surface area contributed by atoms with E-state index in [4.69, 9.17) is 16.4 Å². The summed E-state index contributed by atoms with van der Waals surface area (Å²) < 4.78 is 0.647. The molecule has 3 heterocycles. The summed E-state index contributed by atoms with van der Waals surface area (Å²) in [6.07, 6.45) is 1.50. The van der Waals surface area contributed by atoms with Gasteiger partial charge in [0, 0.05) is 16.6 Å². The van der Waals surface area contributed by atoms with Gasteiger partial charge in [-0.3, -0.25) is 9.59 Å². The van der Waals surface area contributed by atoms with Crippen molar-refractivity contribution in [3.63, 3.8) is 0 Å². The Morgan fingerprint density at radius 2 is 1.69 bits per heavy atom. The number of benzene rings is 1. The highest BCUT2D eigenvalue weighted by Crippen LogP contribution is 2.30. The third kappa shape index (κ3) is 2.77. The van der Waals surface area contributed by atoms with Crippen LogP contribution in [0.2, 0.25) is 4.34 Å². The molecule has 0 radical (unpaired) electrons. The van der Waals surface area contributed by atoms with Crippen molar-refractivity contribution in [3.05, 3.63) is 75.9 Å². The van der Waals surface area contributed by atoms with Gasteiger partial charge in [-0.05, 0) is 36.4 Å². The van der Waals surface area contributed by atoms with Crippen LogP contribution in [0.3, 0.4) is 0 Å². The Bertz CT molecular complexity index is 1010. The third-order valence-electron chi connectivity index (χ3n) is 3.76. The summed E-state index contributed by atoms with van der Waals surface area (Å²) in [5.74, 6) is -2.25. The lowest BCUT2D eigenvalue weighted by Crippen LogP contribution is -2.32. The van der Waals surface area contributed by atoms with E-state index in [1.165, 1.54) is 35.7 Å². The molecular formula is C18H9ClN2O4S. The Morgan fingerprint density at radius 1 is 1.00 bits per heavy atom. The van der Waals surface area contributed by atoms with E-state index in [2.05, 4.69) is 4.98 Å². The number of halogens is 1. The molecule has 1 aliphatic rings. The van der Waals surface area contributed by atoms with Crippen LogP contribution in [0.25, 0.3) is 10.4 Å². The summed E-state index contributed by atoms with van der Waals surface area (Å²) in [5, 5.41) is 0.460. The van der Waals surface area contributed by atoms with Crippen LogP contribution in [-0.2, 0) is 4.84 Å². The number of rotatable bonds is 3. The van der Waals surface area contributed by atoms with Crippen LogP contribution >= 0.6 is 22.9 Å². The van der Waals surface area contributed by atoms with Crippen molar-refractivity contribution < 1.29 is 19.2 Å². The maximum Gasteiger partial charge on any atom is 0.382 e. The minimum absolute atomic E-state index is 0.0204. The molecule has 0 unspecified atom stereocenters. The summed E-state index contributed by atoms with van der Waals surface area (Å²) in [4.78, 5) is 46.6. The molecule has 128 valence electrons. The first-order valence-electron chi connectivity index (χ1n) is 7.46. The molecule has 1 aliphatic heterocycles. The highest BCUT2D eigenvalue weighted by atomic mass is 35.5. The van der Waals surface area contributed by atoms with E-state index in [-0.39, 0.29) is 16.8 Å². The number of carbonyl (C=O) groups excluding carboxylic acids is 3. The van der Waals surface area contributed by atoms with Gasteiger partial charge in [0.05, 0.1) is 15.5 Å². The number of pyridine rings is 1. The van der Waals surface area contributed by atoms with Gasteiger partial charge in [0.2, 0.25) is 0 Å². The van der Waals surface area contributed by atoms with Gasteiger partial charge in [0.25, 0.3) is 11.8 Å². The quantitative estimate of drug-likeness (QED) is 0.641. The molecule has 0 aliphatic carbocycles. The Kier molecular flexibility index (Phi) is 4.02. The zero-order valence-corrected chi connectivity index (χ0v) is 14.6. The molecule has 8 heteroatoms. The number of carbonyl (C=O) groups is 3. The SMILES string of the molecule is O=C(ON1C(=O)c2ccccc2C1=O)c1ccc(-c2ccc(Cl)s2)cn1. The molecule has 0 spiro atoms. The average molecular weight is 385 g/mol. The zero-order valence-electron chi connectivity index (χ0n) is 13.0. The number of aromatic nitrogens is 1. The number of hydroxylamine groups is 2. The Labute approximate surface area is 156 Å². The van der Waals surface area contributed by atoms with Crippen LogP contribution in [0.1, 0.15) is 31.2 Å². The second kappa shape index (κ2) is 6.36. The number of hydrogen-bond donors (Lipinski definition) is 0. The second-order valence-corrected chi connectivity index (χ2v) is 7.08. The highest BCUT2D eigenvalue weighted by molar-refractivity contribution is 7.19. The fourth-order valence-corrected chi connectivity index (χ4v) is 3.54. The van der Waals surface area contributed by atoms with Crippen molar-refractivity contribution in [1.82, 2.24) is 10.0 Å². The molecule has 2 aromatic heterocycles. The number of amides is 2. The third-order valence-corrected chi connectivity index (χ3v) is 5.04. The highest BCUT2D eigenvalue weighted by Gasteiger charge is 2.38. The maximum absolute atomic E-state index is 12.2. The average Bonchev–Trinajstić information content (AvgIpc) is 3.20. The van der Waals surface area contributed by atoms with Gasteiger partial charge in [-0.1, -0.05) is 28.8 Å².